The van der Waals surface area contributed by atoms with Gasteiger partial charge in [0.1, 0.15) is 6.10 Å². The normalized spacial score (nSPS) is 49.0. The fourth-order valence-corrected chi connectivity index (χ4v) is 5.02. The standard InChI is InChI=1S/C19H32O4/c1-11(2)12(3)8-13-6-7-16-19(21-13)9-14(20-16)17-15(10-19)22-18(4,5)23-17/h11-17H,6-10H2,1-5H3/t12-,13?,14-,15-,16+,17?,19-/m1/s1. The first-order valence-electron chi connectivity index (χ1n) is 9.47. The van der Waals surface area contributed by atoms with Gasteiger partial charge in [0.15, 0.2) is 5.79 Å². The summed E-state index contributed by atoms with van der Waals surface area (Å²) in [6.07, 6.45) is 6.26. The zero-order valence-corrected chi connectivity index (χ0v) is 15.2. The van der Waals surface area contributed by atoms with E-state index >= 15 is 0 Å². The number of ether oxygens (including phenoxy) is 4. The number of hydrogen-bond donors (Lipinski definition) is 0. The van der Waals surface area contributed by atoms with Crippen LogP contribution in [0.25, 0.3) is 0 Å². The molecular weight excluding hydrogens is 292 g/mol. The molecule has 132 valence electrons. The first-order valence-corrected chi connectivity index (χ1v) is 9.47. The van der Waals surface area contributed by atoms with Gasteiger partial charge >= 0.3 is 0 Å². The summed E-state index contributed by atoms with van der Waals surface area (Å²) in [5, 5.41) is 0. The molecule has 7 atom stereocenters. The van der Waals surface area contributed by atoms with Crippen molar-refractivity contribution in [2.45, 2.75) is 109 Å². The lowest BCUT2D eigenvalue weighted by Gasteiger charge is -2.45. The van der Waals surface area contributed by atoms with Crippen molar-refractivity contribution in [1.29, 1.82) is 0 Å². The van der Waals surface area contributed by atoms with Crippen LogP contribution in [0.5, 0.6) is 0 Å². The maximum atomic E-state index is 6.71. The lowest BCUT2D eigenvalue weighted by Crippen LogP contribution is -2.53. The molecule has 0 aromatic heterocycles. The molecule has 1 aliphatic carbocycles. The van der Waals surface area contributed by atoms with E-state index in [0.717, 1.165) is 32.1 Å². The molecule has 0 radical (unpaired) electrons. The first-order chi connectivity index (χ1) is 10.8. The minimum Gasteiger partial charge on any atom is -0.369 e. The lowest BCUT2D eigenvalue weighted by molar-refractivity contribution is -0.194. The first kappa shape index (κ1) is 16.3. The highest BCUT2D eigenvalue weighted by molar-refractivity contribution is 5.11. The molecule has 0 N–H and O–H groups in total. The molecule has 0 amide bonds. The minimum atomic E-state index is -0.491. The van der Waals surface area contributed by atoms with Gasteiger partial charge in [-0.15, -0.1) is 0 Å². The van der Waals surface area contributed by atoms with E-state index < -0.39 is 5.79 Å². The maximum Gasteiger partial charge on any atom is 0.163 e. The molecule has 2 unspecified atom stereocenters. The van der Waals surface area contributed by atoms with Crippen LogP contribution < -0.4 is 0 Å². The molecule has 3 heterocycles. The largest absolute Gasteiger partial charge is 0.369 e. The molecule has 4 rings (SSSR count). The van der Waals surface area contributed by atoms with Gasteiger partial charge in [-0.1, -0.05) is 20.8 Å². The lowest BCUT2D eigenvalue weighted by atomic mass is 9.75. The van der Waals surface area contributed by atoms with E-state index in [4.69, 9.17) is 18.9 Å². The predicted octanol–water partition coefficient (Wildman–Crippen LogP) is 3.67. The molecule has 4 fully saturated rings. The van der Waals surface area contributed by atoms with Crippen molar-refractivity contribution < 1.29 is 18.9 Å². The van der Waals surface area contributed by atoms with E-state index in [-0.39, 0.29) is 30.0 Å². The fourth-order valence-electron chi connectivity index (χ4n) is 5.02. The van der Waals surface area contributed by atoms with Gasteiger partial charge in [-0.3, -0.25) is 0 Å². The summed E-state index contributed by atoms with van der Waals surface area (Å²) in [5.41, 5.74) is -0.130. The van der Waals surface area contributed by atoms with E-state index in [1.54, 1.807) is 0 Å². The Morgan fingerprint density at radius 2 is 1.70 bits per heavy atom. The third-order valence-corrected chi connectivity index (χ3v) is 6.53. The van der Waals surface area contributed by atoms with E-state index in [0.29, 0.717) is 17.9 Å². The zero-order valence-electron chi connectivity index (χ0n) is 15.2. The second-order valence-corrected chi connectivity index (χ2v) is 9.05. The molecule has 4 nitrogen and oxygen atoms in total. The highest BCUT2D eigenvalue weighted by Gasteiger charge is 2.64. The highest BCUT2D eigenvalue weighted by atomic mass is 16.8. The molecule has 4 aliphatic rings. The van der Waals surface area contributed by atoms with Crippen LogP contribution in [0.2, 0.25) is 0 Å². The summed E-state index contributed by atoms with van der Waals surface area (Å²) < 4.78 is 25.3. The highest BCUT2D eigenvalue weighted by Crippen LogP contribution is 2.53. The minimum absolute atomic E-state index is 0.0814. The van der Waals surface area contributed by atoms with Crippen molar-refractivity contribution in [3.05, 3.63) is 0 Å². The summed E-state index contributed by atoms with van der Waals surface area (Å²) in [6.45, 7) is 11.0. The molecule has 3 saturated heterocycles. The van der Waals surface area contributed by atoms with Crippen LogP contribution in [-0.4, -0.2) is 41.9 Å². The Bertz CT molecular complexity index is 462. The molecule has 3 aliphatic heterocycles. The van der Waals surface area contributed by atoms with Crippen molar-refractivity contribution in [1.82, 2.24) is 0 Å². The quantitative estimate of drug-likeness (QED) is 0.794. The predicted molar refractivity (Wildman–Crippen MR) is 87.2 cm³/mol. The van der Waals surface area contributed by atoms with Gasteiger partial charge in [-0.05, 0) is 44.9 Å². The van der Waals surface area contributed by atoms with E-state index in [2.05, 4.69) is 20.8 Å². The van der Waals surface area contributed by atoms with Gasteiger partial charge in [0, 0.05) is 12.8 Å². The molecule has 0 aromatic carbocycles. The Labute approximate surface area is 140 Å². The van der Waals surface area contributed by atoms with Gasteiger partial charge in [0.05, 0.1) is 30.0 Å². The Balaban J connectivity index is 1.48. The van der Waals surface area contributed by atoms with Crippen molar-refractivity contribution >= 4 is 0 Å². The van der Waals surface area contributed by atoms with Crippen LogP contribution in [0, 0.1) is 11.8 Å². The van der Waals surface area contributed by atoms with Gasteiger partial charge in [0.25, 0.3) is 0 Å². The third kappa shape index (κ3) is 2.76. The smallest absolute Gasteiger partial charge is 0.163 e. The van der Waals surface area contributed by atoms with E-state index in [1.165, 1.54) is 0 Å². The van der Waals surface area contributed by atoms with Crippen molar-refractivity contribution in [3.8, 4) is 0 Å². The summed E-state index contributed by atoms with van der Waals surface area (Å²) in [4.78, 5) is 0. The topological polar surface area (TPSA) is 36.9 Å². The van der Waals surface area contributed by atoms with Crippen molar-refractivity contribution in [2.75, 3.05) is 0 Å². The SMILES string of the molecule is CC(C)[C@H](C)CC1CC[C@@H]2O[C@@H]3C[C@]2(C[C@H]2OC(C)(C)OC32)O1. The second-order valence-electron chi connectivity index (χ2n) is 9.05. The summed E-state index contributed by atoms with van der Waals surface area (Å²) >= 11 is 0. The van der Waals surface area contributed by atoms with E-state index in [1.807, 2.05) is 13.8 Å². The molecule has 1 saturated carbocycles. The Morgan fingerprint density at radius 3 is 2.43 bits per heavy atom. The third-order valence-electron chi connectivity index (χ3n) is 6.53. The molecule has 0 aromatic rings. The van der Waals surface area contributed by atoms with Gasteiger partial charge in [-0.25, -0.2) is 0 Å². The van der Waals surface area contributed by atoms with E-state index in [9.17, 15) is 0 Å². The monoisotopic (exact) mass is 324 g/mol. The average Bonchev–Trinajstić information content (AvgIpc) is 2.92. The van der Waals surface area contributed by atoms with Crippen LogP contribution in [0.15, 0.2) is 0 Å². The zero-order chi connectivity index (χ0) is 16.4. The van der Waals surface area contributed by atoms with Crippen molar-refractivity contribution in [3.63, 3.8) is 0 Å². The Kier molecular flexibility index (Phi) is 3.84. The van der Waals surface area contributed by atoms with Crippen LogP contribution >= 0.6 is 0 Å². The molecule has 2 bridgehead atoms. The number of rotatable bonds is 3. The van der Waals surface area contributed by atoms with Crippen LogP contribution in [0.3, 0.4) is 0 Å². The van der Waals surface area contributed by atoms with Gasteiger partial charge in [-0.2, -0.15) is 0 Å². The average molecular weight is 324 g/mol. The molecule has 1 spiro atoms. The summed E-state index contributed by atoms with van der Waals surface area (Å²) in [6, 6.07) is 0. The van der Waals surface area contributed by atoms with Crippen LogP contribution in [0.4, 0.5) is 0 Å². The van der Waals surface area contributed by atoms with Gasteiger partial charge < -0.3 is 18.9 Å². The summed E-state index contributed by atoms with van der Waals surface area (Å²) in [7, 11) is 0. The Hall–Kier alpha value is -0.160. The fraction of sp³-hybridized carbons (Fsp3) is 1.00. The van der Waals surface area contributed by atoms with Crippen LogP contribution in [0.1, 0.15) is 66.7 Å². The van der Waals surface area contributed by atoms with Crippen LogP contribution in [-0.2, 0) is 18.9 Å². The maximum absolute atomic E-state index is 6.71. The molecular formula is C19H32O4. The van der Waals surface area contributed by atoms with Crippen molar-refractivity contribution in [2.24, 2.45) is 11.8 Å². The molecule has 23 heavy (non-hydrogen) atoms. The summed E-state index contributed by atoms with van der Waals surface area (Å²) in [5.74, 6) is 0.923. The molecule has 4 heteroatoms. The Morgan fingerprint density at radius 1 is 0.957 bits per heavy atom. The van der Waals surface area contributed by atoms with Gasteiger partial charge in [0.2, 0.25) is 0 Å². The number of fused-ring (bicyclic) bond motifs is 3. The number of hydrogen-bond acceptors (Lipinski definition) is 4. The second kappa shape index (κ2) is 5.42.